The van der Waals surface area contributed by atoms with Crippen molar-refractivity contribution in [2.24, 2.45) is 7.05 Å². The molecule has 2 aliphatic rings. The van der Waals surface area contributed by atoms with Crippen molar-refractivity contribution in [3.05, 3.63) is 11.3 Å². The van der Waals surface area contributed by atoms with Gasteiger partial charge in [0.15, 0.2) is 0 Å². The molecule has 0 unspecified atom stereocenters. The largest absolute Gasteiger partial charge is 0.378 e. The van der Waals surface area contributed by atoms with Crippen molar-refractivity contribution in [1.82, 2.24) is 15.1 Å². The summed E-state index contributed by atoms with van der Waals surface area (Å²) in [6.07, 6.45) is 5.33. The first kappa shape index (κ1) is 14.9. The fourth-order valence-corrected chi connectivity index (χ4v) is 3.30. The number of hydrogen-bond donors (Lipinski definition) is 1. The molecule has 0 spiro atoms. The summed E-state index contributed by atoms with van der Waals surface area (Å²) < 4.78 is 7.81. The molecule has 5 heteroatoms. The van der Waals surface area contributed by atoms with E-state index in [1.165, 1.54) is 24.2 Å². The van der Waals surface area contributed by atoms with E-state index in [0.29, 0.717) is 6.10 Å². The van der Waals surface area contributed by atoms with Gasteiger partial charge in [0.2, 0.25) is 0 Å². The van der Waals surface area contributed by atoms with Crippen LogP contribution in [0.15, 0.2) is 0 Å². The van der Waals surface area contributed by atoms with Gasteiger partial charge in [0.05, 0.1) is 11.8 Å². The molecule has 1 aliphatic heterocycles. The Balaban J connectivity index is 1.68. The summed E-state index contributed by atoms with van der Waals surface area (Å²) in [6, 6.07) is 0.737. The molecule has 0 radical (unpaired) electrons. The number of rotatable bonds is 6. The molecule has 1 N–H and O–H groups in total. The van der Waals surface area contributed by atoms with E-state index in [0.717, 1.165) is 50.8 Å². The van der Waals surface area contributed by atoms with E-state index >= 15 is 0 Å². The second kappa shape index (κ2) is 6.36. The monoisotopic (exact) mass is 292 g/mol. The summed E-state index contributed by atoms with van der Waals surface area (Å²) in [5.41, 5.74) is 2.53. The van der Waals surface area contributed by atoms with E-state index in [1.54, 1.807) is 0 Å². The molecule has 0 amide bonds. The van der Waals surface area contributed by atoms with Crippen molar-refractivity contribution in [2.75, 3.05) is 24.6 Å². The molecule has 1 aromatic rings. The highest BCUT2D eigenvalue weighted by molar-refractivity contribution is 5.50. The predicted molar refractivity (Wildman–Crippen MR) is 84.7 cm³/mol. The lowest BCUT2D eigenvalue weighted by atomic mass is 10.1. The molecule has 1 aromatic heterocycles. The smallest absolute Gasteiger partial charge is 0.131 e. The van der Waals surface area contributed by atoms with Crippen LogP contribution in [0.5, 0.6) is 0 Å². The number of aryl methyl sites for hydroxylation is 2. The summed E-state index contributed by atoms with van der Waals surface area (Å²) in [6.45, 7) is 8.12. The Morgan fingerprint density at radius 2 is 1.95 bits per heavy atom. The number of hydrogen-bond acceptors (Lipinski definition) is 4. The average molecular weight is 292 g/mol. The van der Waals surface area contributed by atoms with Crippen LogP contribution in [0.25, 0.3) is 0 Å². The van der Waals surface area contributed by atoms with Gasteiger partial charge in [0.1, 0.15) is 5.82 Å². The van der Waals surface area contributed by atoms with Gasteiger partial charge < -0.3 is 15.0 Å². The van der Waals surface area contributed by atoms with Crippen molar-refractivity contribution >= 4 is 5.82 Å². The quantitative estimate of drug-likeness (QED) is 0.870. The summed E-state index contributed by atoms with van der Waals surface area (Å²) in [5, 5.41) is 8.27. The standard InChI is InChI=1S/C16H28N4O/c1-4-21-14-7-9-20(10-8-14)16-15(11-17-13-5-6-13)12(2)18-19(16)3/h13-14,17H,4-11H2,1-3H3. The molecule has 1 aliphatic carbocycles. The fraction of sp³-hybridized carbons (Fsp3) is 0.812. The van der Waals surface area contributed by atoms with E-state index in [2.05, 4.69) is 40.9 Å². The topological polar surface area (TPSA) is 42.3 Å². The first-order valence-electron chi connectivity index (χ1n) is 8.31. The molecule has 1 saturated carbocycles. The molecular formula is C16H28N4O. The van der Waals surface area contributed by atoms with E-state index in [9.17, 15) is 0 Å². The summed E-state index contributed by atoms with van der Waals surface area (Å²) in [5.74, 6) is 1.30. The first-order valence-corrected chi connectivity index (χ1v) is 8.31. The zero-order valence-electron chi connectivity index (χ0n) is 13.6. The number of anilines is 1. The molecule has 21 heavy (non-hydrogen) atoms. The summed E-state index contributed by atoms with van der Waals surface area (Å²) >= 11 is 0. The molecule has 0 bridgehead atoms. The van der Waals surface area contributed by atoms with Crippen molar-refractivity contribution in [2.45, 2.75) is 58.2 Å². The predicted octanol–water partition coefficient (Wildman–Crippen LogP) is 1.99. The number of ether oxygens (including phenoxy) is 1. The van der Waals surface area contributed by atoms with E-state index in [1.807, 2.05) is 0 Å². The summed E-state index contributed by atoms with van der Waals surface area (Å²) in [7, 11) is 2.07. The van der Waals surface area contributed by atoms with Crippen LogP contribution < -0.4 is 10.2 Å². The van der Waals surface area contributed by atoms with Crippen LogP contribution in [0.1, 0.15) is 43.9 Å². The minimum Gasteiger partial charge on any atom is -0.378 e. The molecule has 1 saturated heterocycles. The van der Waals surface area contributed by atoms with E-state index in [-0.39, 0.29) is 0 Å². The van der Waals surface area contributed by atoms with Crippen molar-refractivity contribution < 1.29 is 4.74 Å². The van der Waals surface area contributed by atoms with Crippen LogP contribution >= 0.6 is 0 Å². The van der Waals surface area contributed by atoms with E-state index < -0.39 is 0 Å². The highest BCUT2D eigenvalue weighted by Gasteiger charge is 2.26. The third kappa shape index (κ3) is 3.40. The minimum atomic E-state index is 0.439. The van der Waals surface area contributed by atoms with Crippen LogP contribution in [0.2, 0.25) is 0 Å². The molecule has 0 aromatic carbocycles. The van der Waals surface area contributed by atoms with Gasteiger partial charge in [-0.25, -0.2) is 0 Å². The van der Waals surface area contributed by atoms with Crippen molar-refractivity contribution in [3.8, 4) is 0 Å². The van der Waals surface area contributed by atoms with Gasteiger partial charge in [-0.2, -0.15) is 5.10 Å². The summed E-state index contributed by atoms with van der Waals surface area (Å²) in [4.78, 5) is 2.49. The third-order valence-electron chi connectivity index (χ3n) is 4.60. The molecule has 2 fully saturated rings. The second-order valence-corrected chi connectivity index (χ2v) is 6.31. The van der Waals surface area contributed by atoms with Crippen LogP contribution in [0.3, 0.4) is 0 Å². The Morgan fingerprint density at radius 3 is 2.57 bits per heavy atom. The van der Waals surface area contributed by atoms with Crippen molar-refractivity contribution in [1.29, 1.82) is 0 Å². The average Bonchev–Trinajstić information content (AvgIpc) is 3.24. The van der Waals surface area contributed by atoms with Crippen LogP contribution in [-0.4, -0.2) is 41.6 Å². The van der Waals surface area contributed by atoms with Crippen molar-refractivity contribution in [3.63, 3.8) is 0 Å². The number of aromatic nitrogens is 2. The molecule has 118 valence electrons. The maximum atomic E-state index is 5.76. The SMILES string of the molecule is CCOC1CCN(c2c(CNC3CC3)c(C)nn2C)CC1. The van der Waals surface area contributed by atoms with Gasteiger partial charge in [0.25, 0.3) is 0 Å². The highest BCUT2D eigenvalue weighted by atomic mass is 16.5. The normalized spacial score (nSPS) is 20.2. The van der Waals surface area contributed by atoms with Gasteiger partial charge in [-0.1, -0.05) is 0 Å². The number of nitrogens with one attached hydrogen (secondary N) is 1. The number of piperidine rings is 1. The first-order chi connectivity index (χ1) is 10.2. The van der Waals surface area contributed by atoms with Crippen LogP contribution in [-0.2, 0) is 18.3 Å². The van der Waals surface area contributed by atoms with E-state index in [4.69, 9.17) is 4.74 Å². The molecule has 3 rings (SSSR count). The maximum absolute atomic E-state index is 5.76. The Morgan fingerprint density at radius 1 is 1.24 bits per heavy atom. The molecule has 2 heterocycles. The Labute approximate surface area is 127 Å². The number of nitrogens with zero attached hydrogens (tertiary/aromatic N) is 3. The maximum Gasteiger partial charge on any atom is 0.131 e. The molecular weight excluding hydrogens is 264 g/mol. The van der Waals surface area contributed by atoms with Gasteiger partial charge in [-0.05, 0) is 39.5 Å². The molecule has 5 nitrogen and oxygen atoms in total. The molecule has 0 atom stereocenters. The van der Waals surface area contributed by atoms with Gasteiger partial charge in [-0.15, -0.1) is 0 Å². The van der Waals surface area contributed by atoms with Gasteiger partial charge in [-0.3, -0.25) is 4.68 Å². The lowest BCUT2D eigenvalue weighted by Gasteiger charge is -2.33. The highest BCUT2D eigenvalue weighted by Crippen LogP contribution is 2.28. The third-order valence-corrected chi connectivity index (χ3v) is 4.60. The lowest BCUT2D eigenvalue weighted by Crippen LogP contribution is -2.38. The minimum absolute atomic E-state index is 0.439. The Hall–Kier alpha value is -1.07. The second-order valence-electron chi connectivity index (χ2n) is 6.31. The Bertz CT molecular complexity index is 473. The van der Waals surface area contributed by atoms with Crippen LogP contribution in [0.4, 0.5) is 5.82 Å². The zero-order chi connectivity index (χ0) is 14.8. The van der Waals surface area contributed by atoms with Crippen LogP contribution in [0, 0.1) is 6.92 Å². The van der Waals surface area contributed by atoms with Gasteiger partial charge in [0, 0.05) is 44.9 Å². The fourth-order valence-electron chi connectivity index (χ4n) is 3.30. The lowest BCUT2D eigenvalue weighted by molar-refractivity contribution is 0.0457. The Kier molecular flexibility index (Phi) is 4.50. The van der Waals surface area contributed by atoms with Gasteiger partial charge >= 0.3 is 0 Å². The zero-order valence-corrected chi connectivity index (χ0v) is 13.6.